The summed E-state index contributed by atoms with van der Waals surface area (Å²) >= 11 is 2.26. The van der Waals surface area contributed by atoms with Gasteiger partial charge in [0.1, 0.15) is 18.0 Å². The van der Waals surface area contributed by atoms with E-state index in [0.717, 1.165) is 27.4 Å². The summed E-state index contributed by atoms with van der Waals surface area (Å²) in [7, 11) is -1.08. The standard InChI is InChI=1S/C18H23IN4O2Si/c1-26(2,3)8-7-24-12-23-11-15(19)17-18(23)21-10-16(22-17)25-14-6-4-5-13(20)9-14/h4-6,9-11H,7-8,12,20H2,1-3H3. The van der Waals surface area contributed by atoms with Crippen LogP contribution < -0.4 is 10.5 Å². The number of nitrogens with two attached hydrogens (primary N) is 1. The van der Waals surface area contributed by atoms with E-state index in [9.17, 15) is 0 Å². The Bertz CT molecular complexity index is 908. The number of halogens is 1. The Morgan fingerprint density at radius 2 is 2.08 bits per heavy atom. The molecule has 0 unspecified atom stereocenters. The fourth-order valence-corrected chi connectivity index (χ4v) is 3.84. The lowest BCUT2D eigenvalue weighted by molar-refractivity contribution is 0.0898. The highest BCUT2D eigenvalue weighted by Gasteiger charge is 2.14. The van der Waals surface area contributed by atoms with Crippen LogP contribution in [0.4, 0.5) is 5.69 Å². The van der Waals surface area contributed by atoms with Gasteiger partial charge in [-0.25, -0.2) is 9.97 Å². The normalized spacial score (nSPS) is 11.8. The SMILES string of the molecule is C[Si](C)(C)CCOCn1cc(I)c2nc(Oc3cccc(N)c3)cnc21. The maximum absolute atomic E-state index is 5.84. The third kappa shape index (κ3) is 4.95. The summed E-state index contributed by atoms with van der Waals surface area (Å²) in [6.45, 7) is 8.29. The predicted molar refractivity (Wildman–Crippen MR) is 115 cm³/mol. The molecular formula is C18H23IN4O2Si. The number of benzene rings is 1. The Morgan fingerprint density at radius 3 is 2.81 bits per heavy atom. The minimum atomic E-state index is -1.08. The fraction of sp³-hybridized carbons (Fsp3) is 0.333. The van der Waals surface area contributed by atoms with E-state index >= 15 is 0 Å². The lowest BCUT2D eigenvalue weighted by atomic mass is 10.3. The molecule has 3 rings (SSSR count). The molecule has 0 aliphatic carbocycles. The highest BCUT2D eigenvalue weighted by molar-refractivity contribution is 14.1. The molecule has 2 N–H and O–H groups in total. The van der Waals surface area contributed by atoms with Crippen LogP contribution in [0.3, 0.4) is 0 Å². The minimum Gasteiger partial charge on any atom is -0.437 e. The average molecular weight is 482 g/mol. The van der Waals surface area contributed by atoms with Gasteiger partial charge in [0.15, 0.2) is 5.65 Å². The Hall–Kier alpha value is -1.65. The molecule has 0 saturated carbocycles. The van der Waals surface area contributed by atoms with Crippen molar-refractivity contribution in [2.45, 2.75) is 32.4 Å². The van der Waals surface area contributed by atoms with E-state index in [1.807, 2.05) is 29.0 Å². The Kier molecular flexibility index (Phi) is 5.83. The maximum atomic E-state index is 5.84. The van der Waals surface area contributed by atoms with Gasteiger partial charge in [0, 0.05) is 32.6 Å². The first-order valence-electron chi connectivity index (χ1n) is 8.44. The first-order chi connectivity index (χ1) is 12.3. The van der Waals surface area contributed by atoms with E-state index < -0.39 is 8.07 Å². The summed E-state index contributed by atoms with van der Waals surface area (Å²) in [5.74, 6) is 1.08. The summed E-state index contributed by atoms with van der Waals surface area (Å²) in [6.07, 6.45) is 3.63. The van der Waals surface area contributed by atoms with Gasteiger partial charge in [-0.15, -0.1) is 0 Å². The number of anilines is 1. The van der Waals surface area contributed by atoms with Gasteiger partial charge in [0.2, 0.25) is 5.88 Å². The van der Waals surface area contributed by atoms with Crippen LogP contribution in [0.2, 0.25) is 25.7 Å². The Labute approximate surface area is 167 Å². The first kappa shape index (κ1) is 19.1. The fourth-order valence-electron chi connectivity index (χ4n) is 2.38. The minimum absolute atomic E-state index is 0.443. The van der Waals surface area contributed by atoms with Gasteiger partial charge < -0.3 is 19.8 Å². The molecule has 1 aromatic carbocycles. The van der Waals surface area contributed by atoms with E-state index in [0.29, 0.717) is 24.0 Å². The molecule has 0 saturated heterocycles. The molecule has 0 amide bonds. The van der Waals surface area contributed by atoms with E-state index in [1.165, 1.54) is 0 Å². The van der Waals surface area contributed by atoms with Crippen molar-refractivity contribution in [3.63, 3.8) is 0 Å². The van der Waals surface area contributed by atoms with Crippen molar-refractivity contribution in [2.75, 3.05) is 12.3 Å². The van der Waals surface area contributed by atoms with Gasteiger partial charge in [-0.05, 0) is 40.8 Å². The Morgan fingerprint density at radius 1 is 1.27 bits per heavy atom. The number of ether oxygens (including phenoxy) is 2. The van der Waals surface area contributed by atoms with Gasteiger partial charge in [-0.3, -0.25) is 0 Å². The summed E-state index contributed by atoms with van der Waals surface area (Å²) in [6, 6.07) is 8.40. The van der Waals surface area contributed by atoms with Gasteiger partial charge in [0.05, 0.1) is 9.77 Å². The number of rotatable bonds is 7. The number of hydrogen-bond acceptors (Lipinski definition) is 5. The molecule has 8 heteroatoms. The molecule has 0 aliphatic heterocycles. The van der Waals surface area contributed by atoms with E-state index in [2.05, 4.69) is 52.2 Å². The van der Waals surface area contributed by atoms with Gasteiger partial charge in [0.25, 0.3) is 0 Å². The number of nitrogen functional groups attached to an aromatic ring is 1. The van der Waals surface area contributed by atoms with Crippen molar-refractivity contribution < 1.29 is 9.47 Å². The number of nitrogens with zero attached hydrogens (tertiary/aromatic N) is 3. The van der Waals surface area contributed by atoms with Crippen LogP contribution in [0, 0.1) is 3.57 Å². The largest absolute Gasteiger partial charge is 0.437 e. The quantitative estimate of drug-likeness (QED) is 0.228. The third-order valence-corrected chi connectivity index (χ3v) is 6.30. The lowest BCUT2D eigenvalue weighted by Gasteiger charge is -2.15. The molecule has 3 aromatic rings. The number of fused-ring (bicyclic) bond motifs is 1. The smallest absolute Gasteiger partial charge is 0.238 e. The molecule has 0 aliphatic rings. The summed E-state index contributed by atoms with van der Waals surface area (Å²) in [5.41, 5.74) is 8.03. The van der Waals surface area contributed by atoms with Crippen LogP contribution in [-0.2, 0) is 11.5 Å². The zero-order chi connectivity index (χ0) is 18.7. The van der Waals surface area contributed by atoms with E-state index in [4.69, 9.17) is 15.2 Å². The molecule has 0 bridgehead atoms. The number of aromatic nitrogens is 3. The third-order valence-electron chi connectivity index (χ3n) is 3.81. The first-order valence-corrected chi connectivity index (χ1v) is 13.2. The molecule has 2 heterocycles. The van der Waals surface area contributed by atoms with Crippen molar-refractivity contribution in [3.8, 4) is 11.6 Å². The highest BCUT2D eigenvalue weighted by atomic mass is 127. The highest BCUT2D eigenvalue weighted by Crippen LogP contribution is 2.25. The van der Waals surface area contributed by atoms with Crippen LogP contribution in [0.15, 0.2) is 36.7 Å². The van der Waals surface area contributed by atoms with Crippen LogP contribution in [0.1, 0.15) is 0 Å². The van der Waals surface area contributed by atoms with Crippen LogP contribution in [-0.4, -0.2) is 29.2 Å². The van der Waals surface area contributed by atoms with Gasteiger partial charge in [-0.1, -0.05) is 25.7 Å². The molecule has 6 nitrogen and oxygen atoms in total. The summed E-state index contributed by atoms with van der Waals surface area (Å²) in [4.78, 5) is 9.10. The molecule has 0 fully saturated rings. The lowest BCUT2D eigenvalue weighted by Crippen LogP contribution is -2.22. The van der Waals surface area contributed by atoms with Crippen molar-refractivity contribution in [3.05, 3.63) is 40.2 Å². The molecular weight excluding hydrogens is 459 g/mol. The van der Waals surface area contributed by atoms with Crippen molar-refractivity contribution in [1.82, 2.24) is 14.5 Å². The van der Waals surface area contributed by atoms with E-state index in [1.54, 1.807) is 12.3 Å². The molecule has 0 radical (unpaired) electrons. The summed E-state index contributed by atoms with van der Waals surface area (Å²) < 4.78 is 14.6. The average Bonchev–Trinajstić information content (AvgIpc) is 2.87. The zero-order valence-corrected chi connectivity index (χ0v) is 18.4. The van der Waals surface area contributed by atoms with Gasteiger partial charge >= 0.3 is 0 Å². The topological polar surface area (TPSA) is 75.2 Å². The van der Waals surface area contributed by atoms with Crippen molar-refractivity contribution in [1.29, 1.82) is 0 Å². The van der Waals surface area contributed by atoms with Crippen molar-refractivity contribution in [2.24, 2.45) is 0 Å². The summed E-state index contributed by atoms with van der Waals surface area (Å²) in [5, 5.41) is 0. The predicted octanol–water partition coefficient (Wildman–Crippen LogP) is 4.72. The molecule has 138 valence electrons. The molecule has 26 heavy (non-hydrogen) atoms. The molecule has 0 spiro atoms. The van der Waals surface area contributed by atoms with Crippen molar-refractivity contribution >= 4 is 47.5 Å². The molecule has 2 aromatic heterocycles. The monoisotopic (exact) mass is 482 g/mol. The van der Waals surface area contributed by atoms with Gasteiger partial charge in [-0.2, -0.15) is 0 Å². The Balaban J connectivity index is 1.73. The maximum Gasteiger partial charge on any atom is 0.238 e. The number of hydrogen-bond donors (Lipinski definition) is 1. The van der Waals surface area contributed by atoms with E-state index in [-0.39, 0.29) is 0 Å². The second-order valence-corrected chi connectivity index (χ2v) is 14.1. The van der Waals surface area contributed by atoms with Crippen LogP contribution >= 0.6 is 22.6 Å². The second-order valence-electron chi connectivity index (χ2n) is 7.35. The zero-order valence-electron chi connectivity index (χ0n) is 15.2. The molecule has 0 atom stereocenters. The van der Waals surface area contributed by atoms with Crippen LogP contribution in [0.5, 0.6) is 11.6 Å². The second kappa shape index (κ2) is 7.93. The van der Waals surface area contributed by atoms with Crippen LogP contribution in [0.25, 0.3) is 11.2 Å².